The molecule has 0 aliphatic carbocycles. The predicted molar refractivity (Wildman–Crippen MR) is 103 cm³/mol. The Bertz CT molecular complexity index is 1120. The molecule has 0 radical (unpaired) electrons. The average molecular weight is 397 g/mol. The van der Waals surface area contributed by atoms with Crippen LogP contribution in [0, 0.1) is 5.82 Å². The highest BCUT2D eigenvalue weighted by molar-refractivity contribution is 6.33. The number of nitrogens with zero attached hydrogens (tertiary/aromatic N) is 3. The minimum absolute atomic E-state index is 0.0435. The highest BCUT2D eigenvalue weighted by Gasteiger charge is 2.16. The van der Waals surface area contributed by atoms with Crippen LogP contribution in [0.15, 0.2) is 71.4 Å². The number of rotatable bonds is 5. The molecule has 0 saturated carbocycles. The highest BCUT2D eigenvalue weighted by atomic mass is 35.5. The first-order valence-electron chi connectivity index (χ1n) is 8.40. The summed E-state index contributed by atoms with van der Waals surface area (Å²) in [6.45, 7) is 0.0435. The first-order chi connectivity index (χ1) is 13.6. The second kappa shape index (κ2) is 7.66. The molecule has 0 saturated heterocycles. The van der Waals surface area contributed by atoms with Crippen molar-refractivity contribution in [2.45, 2.75) is 6.54 Å². The number of hydrogen-bond acceptors (Lipinski definition) is 4. The zero-order chi connectivity index (χ0) is 19.5. The lowest BCUT2D eigenvalue weighted by atomic mass is 10.2. The van der Waals surface area contributed by atoms with E-state index >= 15 is 0 Å². The van der Waals surface area contributed by atoms with Gasteiger partial charge in [0.2, 0.25) is 11.7 Å². The number of halogens is 2. The molecule has 140 valence electrons. The molecule has 0 bridgehead atoms. The first-order valence-corrected chi connectivity index (χ1v) is 8.77. The van der Waals surface area contributed by atoms with Crippen LogP contribution in [0.4, 0.5) is 10.1 Å². The SMILES string of the molecule is O=C(Cn1cccc1-c1nc(-c2ccc(F)cc2)no1)Nc1ccccc1Cl. The topological polar surface area (TPSA) is 73.0 Å². The number of carbonyl (C=O) groups is 1. The summed E-state index contributed by atoms with van der Waals surface area (Å²) in [4.78, 5) is 16.7. The molecular formula is C20H14ClFN4O2. The van der Waals surface area contributed by atoms with Gasteiger partial charge in [0.1, 0.15) is 18.1 Å². The Morgan fingerprint density at radius 2 is 1.89 bits per heavy atom. The fourth-order valence-electron chi connectivity index (χ4n) is 2.70. The van der Waals surface area contributed by atoms with Gasteiger partial charge in [-0.2, -0.15) is 4.98 Å². The lowest BCUT2D eigenvalue weighted by Gasteiger charge is -2.09. The van der Waals surface area contributed by atoms with E-state index in [1.54, 1.807) is 59.3 Å². The quantitative estimate of drug-likeness (QED) is 0.533. The lowest BCUT2D eigenvalue weighted by Crippen LogP contribution is -2.19. The zero-order valence-electron chi connectivity index (χ0n) is 14.5. The third-order valence-corrected chi connectivity index (χ3v) is 4.37. The van der Waals surface area contributed by atoms with Gasteiger partial charge < -0.3 is 14.4 Å². The van der Waals surface area contributed by atoms with Crippen LogP contribution in [-0.4, -0.2) is 20.6 Å². The molecule has 28 heavy (non-hydrogen) atoms. The minimum atomic E-state index is -0.342. The van der Waals surface area contributed by atoms with Gasteiger partial charge in [0.15, 0.2) is 0 Å². The molecule has 0 fully saturated rings. The number of aromatic nitrogens is 3. The van der Waals surface area contributed by atoms with Gasteiger partial charge in [0.05, 0.1) is 10.7 Å². The van der Waals surface area contributed by atoms with Gasteiger partial charge in [-0.15, -0.1) is 0 Å². The molecular weight excluding hydrogens is 383 g/mol. The summed E-state index contributed by atoms with van der Waals surface area (Å²) in [5, 5.41) is 7.16. The molecule has 2 aromatic heterocycles. The predicted octanol–water partition coefficient (Wildman–Crippen LogP) is 4.64. The van der Waals surface area contributed by atoms with E-state index in [4.69, 9.17) is 16.1 Å². The molecule has 1 N–H and O–H groups in total. The Labute approximate surface area is 164 Å². The smallest absolute Gasteiger partial charge is 0.274 e. The van der Waals surface area contributed by atoms with Crippen LogP contribution < -0.4 is 5.32 Å². The molecule has 0 unspecified atom stereocenters. The molecule has 4 aromatic rings. The van der Waals surface area contributed by atoms with Gasteiger partial charge in [-0.1, -0.05) is 28.9 Å². The minimum Gasteiger partial charge on any atom is -0.334 e. The van der Waals surface area contributed by atoms with Crippen LogP contribution in [0.5, 0.6) is 0 Å². The van der Waals surface area contributed by atoms with Gasteiger partial charge in [-0.3, -0.25) is 4.79 Å². The molecule has 1 amide bonds. The second-order valence-electron chi connectivity index (χ2n) is 5.98. The standard InChI is InChI=1S/C20H14ClFN4O2/c21-15-4-1-2-5-16(15)23-18(27)12-26-11-3-6-17(26)20-24-19(25-28-20)13-7-9-14(22)10-8-13/h1-11H,12H2,(H,23,27). The number of para-hydroxylation sites is 1. The van der Waals surface area contributed by atoms with Crippen LogP contribution in [0.25, 0.3) is 23.0 Å². The first kappa shape index (κ1) is 17.9. The number of amides is 1. The monoisotopic (exact) mass is 396 g/mol. The Balaban J connectivity index is 1.52. The van der Waals surface area contributed by atoms with Crippen molar-refractivity contribution in [1.82, 2.24) is 14.7 Å². The Hall–Kier alpha value is -3.45. The van der Waals surface area contributed by atoms with Crippen molar-refractivity contribution in [2.75, 3.05) is 5.32 Å². The van der Waals surface area contributed by atoms with E-state index in [2.05, 4.69) is 15.5 Å². The fraction of sp³-hybridized carbons (Fsp3) is 0.0500. The Morgan fingerprint density at radius 3 is 2.68 bits per heavy atom. The molecule has 0 atom stereocenters. The van der Waals surface area contributed by atoms with Crippen LogP contribution in [-0.2, 0) is 11.3 Å². The molecule has 8 heteroatoms. The number of anilines is 1. The summed E-state index contributed by atoms with van der Waals surface area (Å²) < 4.78 is 20.1. The van der Waals surface area contributed by atoms with Crippen molar-refractivity contribution in [1.29, 1.82) is 0 Å². The maximum Gasteiger partial charge on any atom is 0.274 e. The van der Waals surface area contributed by atoms with Crippen molar-refractivity contribution < 1.29 is 13.7 Å². The molecule has 0 aliphatic rings. The summed E-state index contributed by atoms with van der Waals surface area (Å²) in [6.07, 6.45) is 1.74. The summed E-state index contributed by atoms with van der Waals surface area (Å²) in [5.74, 6) is 0.00726. The maximum absolute atomic E-state index is 13.1. The average Bonchev–Trinajstić information content (AvgIpc) is 3.33. The third-order valence-electron chi connectivity index (χ3n) is 4.04. The van der Waals surface area contributed by atoms with Crippen LogP contribution in [0.3, 0.4) is 0 Å². The van der Waals surface area contributed by atoms with Gasteiger partial charge in [0.25, 0.3) is 5.89 Å². The van der Waals surface area contributed by atoms with E-state index in [0.717, 1.165) is 0 Å². The van der Waals surface area contributed by atoms with Crippen LogP contribution in [0.2, 0.25) is 5.02 Å². The number of benzene rings is 2. The van der Waals surface area contributed by atoms with Crippen molar-refractivity contribution in [3.63, 3.8) is 0 Å². The number of nitrogens with one attached hydrogen (secondary N) is 1. The molecule has 2 aromatic carbocycles. The van der Waals surface area contributed by atoms with Crippen molar-refractivity contribution >= 4 is 23.2 Å². The van der Waals surface area contributed by atoms with E-state index in [1.807, 2.05) is 0 Å². The van der Waals surface area contributed by atoms with E-state index in [9.17, 15) is 9.18 Å². The van der Waals surface area contributed by atoms with Crippen molar-refractivity contribution in [3.05, 3.63) is 77.7 Å². The number of hydrogen-bond donors (Lipinski definition) is 1. The molecule has 0 aliphatic heterocycles. The summed E-state index contributed by atoms with van der Waals surface area (Å²) >= 11 is 6.07. The molecule has 0 spiro atoms. The number of carbonyl (C=O) groups excluding carboxylic acids is 1. The largest absolute Gasteiger partial charge is 0.334 e. The summed E-state index contributed by atoms with van der Waals surface area (Å²) in [6, 6.07) is 16.3. The molecule has 6 nitrogen and oxygen atoms in total. The molecule has 2 heterocycles. The van der Waals surface area contributed by atoms with E-state index in [0.29, 0.717) is 27.8 Å². The molecule has 4 rings (SSSR count). The van der Waals surface area contributed by atoms with E-state index in [1.165, 1.54) is 12.1 Å². The van der Waals surface area contributed by atoms with E-state index < -0.39 is 0 Å². The third kappa shape index (κ3) is 3.79. The van der Waals surface area contributed by atoms with Crippen molar-refractivity contribution in [3.8, 4) is 23.0 Å². The summed E-state index contributed by atoms with van der Waals surface area (Å²) in [5.41, 5.74) is 1.76. The normalized spacial score (nSPS) is 10.8. The Morgan fingerprint density at radius 1 is 1.11 bits per heavy atom. The van der Waals surface area contributed by atoms with Gasteiger partial charge in [0, 0.05) is 11.8 Å². The highest BCUT2D eigenvalue weighted by Crippen LogP contribution is 2.24. The van der Waals surface area contributed by atoms with Crippen LogP contribution >= 0.6 is 11.6 Å². The maximum atomic E-state index is 13.1. The van der Waals surface area contributed by atoms with E-state index in [-0.39, 0.29) is 24.2 Å². The van der Waals surface area contributed by atoms with Gasteiger partial charge in [-0.05, 0) is 48.5 Å². The lowest BCUT2D eigenvalue weighted by molar-refractivity contribution is -0.116. The van der Waals surface area contributed by atoms with Gasteiger partial charge >= 0.3 is 0 Å². The second-order valence-corrected chi connectivity index (χ2v) is 6.39. The Kier molecular flexibility index (Phi) is 4.90. The van der Waals surface area contributed by atoms with Crippen molar-refractivity contribution in [2.24, 2.45) is 0 Å². The van der Waals surface area contributed by atoms with Crippen LogP contribution in [0.1, 0.15) is 0 Å². The fourth-order valence-corrected chi connectivity index (χ4v) is 2.88. The summed E-state index contributed by atoms with van der Waals surface area (Å²) in [7, 11) is 0. The van der Waals surface area contributed by atoms with Gasteiger partial charge in [-0.25, -0.2) is 4.39 Å². The zero-order valence-corrected chi connectivity index (χ0v) is 15.2.